The van der Waals surface area contributed by atoms with Gasteiger partial charge in [-0.2, -0.15) is 0 Å². The van der Waals surface area contributed by atoms with E-state index in [0.717, 1.165) is 10.7 Å². The van der Waals surface area contributed by atoms with Crippen LogP contribution in [0.4, 0.5) is 0 Å². The molecule has 0 fully saturated rings. The molecular weight excluding hydrogens is 382 g/mol. The number of rotatable bonds is 1. The van der Waals surface area contributed by atoms with E-state index in [-0.39, 0.29) is 5.41 Å². The van der Waals surface area contributed by atoms with Crippen LogP contribution < -0.4 is 0 Å². The minimum Gasteiger partial charge on any atom is -0.301 e. The van der Waals surface area contributed by atoms with E-state index in [0.29, 0.717) is 0 Å². The summed E-state index contributed by atoms with van der Waals surface area (Å²) in [6.07, 6.45) is 0. The summed E-state index contributed by atoms with van der Waals surface area (Å²) >= 11 is 8.28. The molecule has 0 bridgehead atoms. The second-order valence-corrected chi connectivity index (χ2v) is 10.0. The first-order valence-corrected chi connectivity index (χ1v) is 10.8. The van der Waals surface area contributed by atoms with Gasteiger partial charge in [0.2, 0.25) is 0 Å². The fourth-order valence-corrected chi connectivity index (χ4v) is 5.60. The topological polar surface area (TPSA) is 4.93 Å². The van der Waals surface area contributed by atoms with Gasteiger partial charge >= 0.3 is 0 Å². The van der Waals surface area contributed by atoms with Crippen molar-refractivity contribution in [3.05, 3.63) is 76.8 Å². The van der Waals surface area contributed by atoms with E-state index in [2.05, 4.69) is 86.9 Å². The molecule has 0 aliphatic rings. The van der Waals surface area contributed by atoms with Gasteiger partial charge in [-0.3, -0.25) is 0 Å². The number of aryl methyl sites for hydroxylation is 1. The zero-order valence-corrected chi connectivity index (χ0v) is 18.1. The summed E-state index contributed by atoms with van der Waals surface area (Å²) in [6, 6.07) is 21.9. The quantitative estimate of drug-likeness (QED) is 0.265. The van der Waals surface area contributed by atoms with Gasteiger partial charge in [0.15, 0.2) is 0 Å². The average Bonchev–Trinajstić information content (AvgIpc) is 3.13. The zero-order valence-electron chi connectivity index (χ0n) is 16.5. The molecule has 0 saturated carbocycles. The van der Waals surface area contributed by atoms with Crippen LogP contribution >= 0.6 is 22.9 Å². The fraction of sp³-hybridized carbons (Fsp3) is 0.200. The van der Waals surface area contributed by atoms with Crippen molar-refractivity contribution in [1.29, 1.82) is 0 Å². The van der Waals surface area contributed by atoms with Gasteiger partial charge in [-0.25, -0.2) is 0 Å². The van der Waals surface area contributed by atoms with Crippen molar-refractivity contribution in [1.82, 2.24) is 4.57 Å². The second-order valence-electron chi connectivity index (χ2n) is 8.58. The number of halogens is 1. The molecule has 1 nitrogen and oxygen atoms in total. The van der Waals surface area contributed by atoms with Gasteiger partial charge < -0.3 is 4.57 Å². The molecule has 3 heteroatoms. The fourth-order valence-electron chi connectivity index (χ4n) is 4.06. The highest BCUT2D eigenvalue weighted by atomic mass is 35.5. The number of benzene rings is 3. The molecule has 2 heterocycles. The van der Waals surface area contributed by atoms with Gasteiger partial charge in [0, 0.05) is 31.6 Å². The molecule has 2 aromatic heterocycles. The number of thiophene rings is 1. The number of fused-ring (bicyclic) bond motifs is 5. The molecule has 28 heavy (non-hydrogen) atoms. The molecule has 5 rings (SSSR count). The van der Waals surface area contributed by atoms with Gasteiger partial charge in [0.1, 0.15) is 4.83 Å². The summed E-state index contributed by atoms with van der Waals surface area (Å²) in [7, 11) is 0. The molecule has 0 aliphatic carbocycles. The highest BCUT2D eigenvalue weighted by Gasteiger charge is 2.21. The number of hydrogen-bond donors (Lipinski definition) is 0. The van der Waals surface area contributed by atoms with Crippen molar-refractivity contribution < 1.29 is 0 Å². The first-order valence-electron chi connectivity index (χ1n) is 9.57. The Bertz CT molecular complexity index is 1340. The third-order valence-electron chi connectivity index (χ3n) is 5.44. The first-order chi connectivity index (χ1) is 13.3. The second kappa shape index (κ2) is 6.10. The van der Waals surface area contributed by atoms with Crippen LogP contribution in [0, 0.1) is 6.92 Å². The molecule has 5 aromatic rings. The Labute approximate surface area is 174 Å². The van der Waals surface area contributed by atoms with Gasteiger partial charge in [0.05, 0.1) is 5.52 Å². The number of hydrogen-bond acceptors (Lipinski definition) is 1. The molecule has 0 spiro atoms. The van der Waals surface area contributed by atoms with Crippen molar-refractivity contribution in [2.45, 2.75) is 33.1 Å². The van der Waals surface area contributed by atoms with E-state index >= 15 is 0 Å². The molecule has 0 radical (unpaired) electrons. The Balaban J connectivity index is 1.98. The molecule has 0 N–H and O–H groups in total. The molecule has 0 atom stereocenters. The zero-order chi connectivity index (χ0) is 19.6. The summed E-state index contributed by atoms with van der Waals surface area (Å²) in [5.74, 6) is 0. The van der Waals surface area contributed by atoms with E-state index in [9.17, 15) is 0 Å². The third-order valence-corrected chi connectivity index (χ3v) is 6.81. The van der Waals surface area contributed by atoms with Crippen LogP contribution in [0.1, 0.15) is 31.9 Å². The number of nitrogens with zero attached hydrogens (tertiary/aromatic N) is 1. The van der Waals surface area contributed by atoms with Crippen molar-refractivity contribution in [3.8, 4) is 5.69 Å². The molecular formula is C25H22ClNS. The minimum atomic E-state index is 0.112. The Morgan fingerprint density at radius 2 is 1.68 bits per heavy atom. The lowest BCUT2D eigenvalue weighted by molar-refractivity contribution is 0.591. The Morgan fingerprint density at radius 3 is 2.43 bits per heavy atom. The maximum absolute atomic E-state index is 6.42. The van der Waals surface area contributed by atoms with Crippen LogP contribution in [0.5, 0.6) is 0 Å². The highest BCUT2D eigenvalue weighted by molar-refractivity contribution is 7.25. The predicted molar refractivity (Wildman–Crippen MR) is 125 cm³/mol. The van der Waals surface area contributed by atoms with Crippen LogP contribution in [0.15, 0.2) is 60.7 Å². The van der Waals surface area contributed by atoms with Crippen LogP contribution in [0.3, 0.4) is 0 Å². The van der Waals surface area contributed by atoms with Gasteiger partial charge in [-0.05, 0) is 59.9 Å². The van der Waals surface area contributed by atoms with E-state index in [4.69, 9.17) is 11.6 Å². The van der Waals surface area contributed by atoms with E-state index < -0.39 is 0 Å². The predicted octanol–water partition coefficient (Wildman–Crippen LogP) is 8.26. The minimum absolute atomic E-state index is 0.112. The smallest absolute Gasteiger partial charge is 0.109 e. The number of aromatic nitrogens is 1. The van der Waals surface area contributed by atoms with Crippen molar-refractivity contribution in [2.75, 3.05) is 0 Å². The Kier molecular flexibility index (Phi) is 3.88. The standard InChI is InChI=1S/C25H22ClNS/c1-15-11-17(26)14-18(12-15)27-21-10-9-16(25(2,3)4)13-20(21)23-19-7-5-6-8-22(19)28-24(23)27/h5-14H,1-4H3. The molecule has 140 valence electrons. The summed E-state index contributed by atoms with van der Waals surface area (Å²) in [6.45, 7) is 8.91. The largest absolute Gasteiger partial charge is 0.301 e. The summed E-state index contributed by atoms with van der Waals surface area (Å²) in [4.78, 5) is 1.28. The monoisotopic (exact) mass is 403 g/mol. The maximum Gasteiger partial charge on any atom is 0.109 e. The van der Waals surface area contributed by atoms with E-state index in [1.165, 1.54) is 42.3 Å². The van der Waals surface area contributed by atoms with E-state index in [1.54, 1.807) is 0 Å². The average molecular weight is 404 g/mol. The summed E-state index contributed by atoms with van der Waals surface area (Å²) < 4.78 is 3.70. The Hall–Kier alpha value is -2.29. The molecule has 3 aromatic carbocycles. The van der Waals surface area contributed by atoms with Crippen molar-refractivity contribution in [2.24, 2.45) is 0 Å². The third kappa shape index (κ3) is 2.67. The van der Waals surface area contributed by atoms with Crippen LogP contribution in [-0.2, 0) is 5.41 Å². The normalized spacial score (nSPS) is 12.5. The molecule has 0 saturated heterocycles. The summed E-state index contributed by atoms with van der Waals surface area (Å²) in [5.41, 5.74) is 5.00. The molecule has 0 unspecified atom stereocenters. The molecule has 0 amide bonds. The first kappa shape index (κ1) is 17.8. The SMILES string of the molecule is Cc1cc(Cl)cc(-n2c3ccc(C(C)(C)C)cc3c3c4ccccc4sc32)c1. The lowest BCUT2D eigenvalue weighted by Crippen LogP contribution is -2.10. The van der Waals surface area contributed by atoms with E-state index in [1.807, 2.05) is 17.4 Å². The Morgan fingerprint density at radius 1 is 0.893 bits per heavy atom. The van der Waals surface area contributed by atoms with Crippen LogP contribution in [0.2, 0.25) is 5.02 Å². The maximum atomic E-state index is 6.42. The van der Waals surface area contributed by atoms with Crippen molar-refractivity contribution >= 4 is 54.1 Å². The highest BCUT2D eigenvalue weighted by Crippen LogP contribution is 2.43. The van der Waals surface area contributed by atoms with Crippen LogP contribution in [-0.4, -0.2) is 4.57 Å². The van der Waals surface area contributed by atoms with Crippen molar-refractivity contribution in [3.63, 3.8) is 0 Å². The van der Waals surface area contributed by atoms with Crippen LogP contribution in [0.25, 0.3) is 36.9 Å². The molecule has 0 aliphatic heterocycles. The van der Waals surface area contributed by atoms with Gasteiger partial charge in [-0.1, -0.05) is 56.6 Å². The summed E-state index contributed by atoms with van der Waals surface area (Å²) in [5, 5.41) is 4.77. The lowest BCUT2D eigenvalue weighted by Gasteiger charge is -2.19. The van der Waals surface area contributed by atoms with Gasteiger partial charge in [0.25, 0.3) is 0 Å². The lowest BCUT2D eigenvalue weighted by atomic mass is 9.86. The van der Waals surface area contributed by atoms with Gasteiger partial charge in [-0.15, -0.1) is 11.3 Å².